The lowest BCUT2D eigenvalue weighted by Gasteiger charge is -2.34. The number of hydrogen-bond acceptors (Lipinski definition) is 6. The number of anilines is 1. The van der Waals surface area contributed by atoms with Gasteiger partial charge < -0.3 is 15.5 Å². The van der Waals surface area contributed by atoms with E-state index in [2.05, 4.69) is 15.6 Å². The van der Waals surface area contributed by atoms with E-state index in [0.29, 0.717) is 57.0 Å². The Hall–Kier alpha value is -4.21. The Balaban J connectivity index is 1.54. The Labute approximate surface area is 240 Å². The third-order valence-corrected chi connectivity index (χ3v) is 7.57. The number of benzene rings is 2. The van der Waals surface area contributed by atoms with Gasteiger partial charge >= 0.3 is 0 Å². The zero-order chi connectivity index (χ0) is 28.4. The second-order valence-corrected chi connectivity index (χ2v) is 10.3. The summed E-state index contributed by atoms with van der Waals surface area (Å²) < 4.78 is 1.51. The minimum Gasteiger partial charge on any atom is -0.355 e. The third kappa shape index (κ3) is 5.43. The summed E-state index contributed by atoms with van der Waals surface area (Å²) in [5, 5.41) is 6.52. The molecule has 5 rings (SSSR count). The molecule has 2 aromatic carbocycles. The molecule has 4 aromatic rings. The van der Waals surface area contributed by atoms with Crippen molar-refractivity contribution in [1.29, 1.82) is 0 Å². The van der Waals surface area contributed by atoms with Gasteiger partial charge in [0, 0.05) is 48.7 Å². The maximum atomic E-state index is 14.0. The van der Waals surface area contributed by atoms with E-state index < -0.39 is 0 Å². The van der Waals surface area contributed by atoms with Crippen molar-refractivity contribution < 1.29 is 9.59 Å². The first-order chi connectivity index (χ1) is 19.3. The highest BCUT2D eigenvalue weighted by Gasteiger charge is 2.32. The number of hydrogen-bond donors (Lipinski definition) is 2. The number of carbonyl (C=O) groups excluding carboxylic acids is 2. The summed E-state index contributed by atoms with van der Waals surface area (Å²) in [6.07, 6.45) is 3.74. The largest absolute Gasteiger partial charge is 0.355 e. The van der Waals surface area contributed by atoms with Crippen LogP contribution in [0.4, 0.5) is 5.95 Å². The van der Waals surface area contributed by atoms with E-state index in [9.17, 15) is 14.4 Å². The molecule has 0 fully saturated rings. The molecule has 1 atom stereocenters. The molecule has 0 spiro atoms. The van der Waals surface area contributed by atoms with Gasteiger partial charge in [-0.25, -0.2) is 9.55 Å². The average molecular weight is 577 g/mol. The lowest BCUT2D eigenvalue weighted by atomic mass is 9.98. The van der Waals surface area contributed by atoms with Crippen molar-refractivity contribution in [1.82, 2.24) is 24.8 Å². The molecule has 9 nitrogen and oxygen atoms in total. The zero-order valence-electron chi connectivity index (χ0n) is 21.8. The minimum absolute atomic E-state index is 0.156. The summed E-state index contributed by atoms with van der Waals surface area (Å²) in [6, 6.07) is 15.0. The number of aromatic nitrogens is 3. The van der Waals surface area contributed by atoms with Gasteiger partial charge in [-0.2, -0.15) is 0 Å². The normalized spacial score (nSPS) is 14.4. The van der Waals surface area contributed by atoms with Crippen molar-refractivity contribution in [3.05, 3.63) is 115 Å². The van der Waals surface area contributed by atoms with E-state index in [1.165, 1.54) is 4.57 Å². The summed E-state index contributed by atoms with van der Waals surface area (Å²) >= 11 is 12.2. The van der Waals surface area contributed by atoms with Crippen LogP contribution in [-0.4, -0.2) is 44.3 Å². The van der Waals surface area contributed by atoms with Crippen LogP contribution in [0.3, 0.4) is 0 Å². The third-order valence-electron chi connectivity index (χ3n) is 6.83. The average Bonchev–Trinajstić information content (AvgIpc) is 2.97. The molecule has 204 valence electrons. The topological polar surface area (TPSA) is 109 Å². The van der Waals surface area contributed by atoms with Crippen molar-refractivity contribution in [3.63, 3.8) is 0 Å². The minimum atomic E-state index is -0.262. The molecule has 11 heteroatoms. The molecule has 0 bridgehead atoms. The van der Waals surface area contributed by atoms with Crippen LogP contribution >= 0.6 is 23.2 Å². The molecule has 0 unspecified atom stereocenters. The summed E-state index contributed by atoms with van der Waals surface area (Å²) in [6.45, 7) is 2.43. The summed E-state index contributed by atoms with van der Waals surface area (Å²) in [5.41, 5.74) is 3.16. The van der Waals surface area contributed by atoms with Gasteiger partial charge in [-0.3, -0.25) is 19.4 Å². The number of nitrogens with one attached hydrogen (secondary N) is 2. The van der Waals surface area contributed by atoms with Crippen molar-refractivity contribution in [2.45, 2.75) is 32.5 Å². The van der Waals surface area contributed by atoms with Gasteiger partial charge in [0.25, 0.3) is 17.4 Å². The first-order valence-electron chi connectivity index (χ1n) is 12.6. The van der Waals surface area contributed by atoms with E-state index >= 15 is 0 Å². The fourth-order valence-electron chi connectivity index (χ4n) is 4.67. The molecule has 2 aromatic heterocycles. The van der Waals surface area contributed by atoms with Gasteiger partial charge in [0.05, 0.1) is 28.0 Å². The second kappa shape index (κ2) is 11.5. The highest BCUT2D eigenvalue weighted by molar-refractivity contribution is 6.42. The van der Waals surface area contributed by atoms with Crippen LogP contribution in [0.5, 0.6) is 0 Å². The number of carbonyl (C=O) groups is 2. The number of halogens is 2. The van der Waals surface area contributed by atoms with Gasteiger partial charge in [0.1, 0.15) is 0 Å². The second-order valence-electron chi connectivity index (χ2n) is 9.46. The van der Waals surface area contributed by atoms with Gasteiger partial charge in [-0.1, -0.05) is 29.3 Å². The van der Waals surface area contributed by atoms with Gasteiger partial charge in [0.2, 0.25) is 5.95 Å². The Kier molecular flexibility index (Phi) is 7.86. The fraction of sp³-hybridized carbons (Fsp3) is 0.207. The van der Waals surface area contributed by atoms with Crippen LogP contribution in [0, 0.1) is 0 Å². The van der Waals surface area contributed by atoms with Gasteiger partial charge in [-0.05, 0) is 67.4 Å². The number of pyridine rings is 1. The maximum Gasteiger partial charge on any atom is 0.263 e. The smallest absolute Gasteiger partial charge is 0.263 e. The van der Waals surface area contributed by atoms with Gasteiger partial charge in [0.15, 0.2) is 0 Å². The molecule has 0 aliphatic carbocycles. The van der Waals surface area contributed by atoms with Crippen molar-refractivity contribution in [3.8, 4) is 5.69 Å². The maximum absolute atomic E-state index is 14.0. The van der Waals surface area contributed by atoms with E-state index in [0.717, 1.165) is 5.56 Å². The molecule has 0 saturated heterocycles. The first-order valence-corrected chi connectivity index (χ1v) is 13.4. The summed E-state index contributed by atoms with van der Waals surface area (Å²) in [4.78, 5) is 50.1. The molecule has 0 saturated carbocycles. The van der Waals surface area contributed by atoms with E-state index in [1.807, 2.05) is 19.1 Å². The molecule has 0 radical (unpaired) electrons. The molecule has 40 heavy (non-hydrogen) atoms. The predicted molar refractivity (Wildman–Crippen MR) is 154 cm³/mol. The van der Waals surface area contributed by atoms with E-state index in [1.54, 1.807) is 66.8 Å². The standard InChI is InChI=1S/C29H26Cl2N6O3/c1-17-12-22-25(16-36(17)27(39)20-7-10-23(30)24(31)13-20)35-29(34-15-18-4-3-11-33-14-18)37(28(22)40)21-8-5-19(6-9-21)26(38)32-2/h3-11,13-14,17H,12,15-16H2,1-2H3,(H,32,38)(H,34,35)/t17-/m1/s1. The zero-order valence-corrected chi connectivity index (χ0v) is 23.3. The fourth-order valence-corrected chi connectivity index (χ4v) is 4.97. The Morgan fingerprint density at radius 1 is 1.05 bits per heavy atom. The lowest BCUT2D eigenvalue weighted by Crippen LogP contribution is -2.46. The number of amides is 2. The molecular weight excluding hydrogens is 551 g/mol. The molecule has 1 aliphatic rings. The molecule has 1 aliphatic heterocycles. The van der Waals surface area contributed by atoms with Crippen molar-refractivity contribution in [2.75, 3.05) is 12.4 Å². The van der Waals surface area contributed by atoms with E-state index in [-0.39, 0.29) is 30.0 Å². The SMILES string of the molecule is CNC(=O)c1ccc(-n2c(NCc3cccnc3)nc3c(c2=O)C[C@@H](C)N(C(=O)c2ccc(Cl)c(Cl)c2)C3)cc1. The Morgan fingerprint density at radius 3 is 2.48 bits per heavy atom. The highest BCUT2D eigenvalue weighted by atomic mass is 35.5. The molecule has 2 amide bonds. The summed E-state index contributed by atoms with van der Waals surface area (Å²) in [5.74, 6) is -0.132. The van der Waals surface area contributed by atoms with Crippen LogP contribution in [0.15, 0.2) is 71.8 Å². The Bertz CT molecular complexity index is 1640. The predicted octanol–water partition coefficient (Wildman–Crippen LogP) is 4.49. The van der Waals surface area contributed by atoms with Crippen LogP contribution in [0.2, 0.25) is 10.0 Å². The monoisotopic (exact) mass is 576 g/mol. The van der Waals surface area contributed by atoms with Crippen LogP contribution in [-0.2, 0) is 19.5 Å². The van der Waals surface area contributed by atoms with Crippen molar-refractivity contribution >= 4 is 41.0 Å². The number of nitrogens with zero attached hydrogens (tertiary/aromatic N) is 4. The highest BCUT2D eigenvalue weighted by Crippen LogP contribution is 2.27. The van der Waals surface area contributed by atoms with Crippen LogP contribution < -0.4 is 16.2 Å². The first kappa shape index (κ1) is 27.4. The summed E-state index contributed by atoms with van der Waals surface area (Å²) in [7, 11) is 1.56. The van der Waals surface area contributed by atoms with Crippen molar-refractivity contribution in [2.24, 2.45) is 0 Å². The van der Waals surface area contributed by atoms with Crippen LogP contribution in [0.1, 0.15) is 44.5 Å². The van der Waals surface area contributed by atoms with Crippen LogP contribution in [0.25, 0.3) is 5.69 Å². The lowest BCUT2D eigenvalue weighted by molar-refractivity contribution is 0.0653. The van der Waals surface area contributed by atoms with Gasteiger partial charge in [-0.15, -0.1) is 0 Å². The molecule has 3 heterocycles. The van der Waals surface area contributed by atoms with E-state index in [4.69, 9.17) is 28.2 Å². The number of fused-ring (bicyclic) bond motifs is 1. The molecule has 2 N–H and O–H groups in total. The Morgan fingerprint density at radius 2 is 1.80 bits per heavy atom. The molecular formula is C29H26Cl2N6O3. The quantitative estimate of drug-likeness (QED) is 0.350. The number of rotatable bonds is 6.